The molecule has 3 aliphatic rings. The molecule has 2 aromatic heterocycles. The first kappa shape index (κ1) is 37.1. The predicted octanol–water partition coefficient (Wildman–Crippen LogP) is 9.97. The summed E-state index contributed by atoms with van der Waals surface area (Å²) in [4.78, 5) is 25.5. The van der Waals surface area contributed by atoms with Gasteiger partial charge in [0.2, 0.25) is 11.8 Å². The van der Waals surface area contributed by atoms with Crippen molar-refractivity contribution < 1.29 is 45.8 Å². The summed E-state index contributed by atoms with van der Waals surface area (Å²) >= 11 is 0. The molecule has 0 amide bonds. The molecule has 0 unspecified atom stereocenters. The zero-order chi connectivity index (χ0) is 39.5. The standard InChI is InChI=1S/C43H40F4N4O6/c1-22-28(6-3-8-30(22)39-48-32-16-24(20-50-15-5-10-34(50)41(52)53)35(56-42(44)45)18-37(32)54-39)29-7-4-9-31(23(29)2)40-49-33-17-25(21-51-26-11-12-27(51)14-13-26)36(57-43(46)47)19-38(33)55-40/h3-4,6-9,16-19,26-27,34,42-43H,5,10-15,20-21H2,1-2H3,(H,52,53)/t26?,27?,34-/m0/s1. The van der Waals surface area contributed by atoms with Crippen LogP contribution in [0.1, 0.15) is 60.8 Å². The number of carbonyl (C=O) groups is 1. The number of nitrogens with zero attached hydrogens (tertiary/aromatic N) is 4. The Morgan fingerprint density at radius 1 is 0.737 bits per heavy atom. The summed E-state index contributed by atoms with van der Waals surface area (Å²) in [5, 5.41) is 9.67. The number of carboxylic acid groups (broad SMARTS) is 1. The first-order valence-electron chi connectivity index (χ1n) is 19.2. The van der Waals surface area contributed by atoms with Gasteiger partial charge in [-0.1, -0.05) is 24.3 Å². The minimum atomic E-state index is -3.09. The van der Waals surface area contributed by atoms with Crippen molar-refractivity contribution in [2.45, 2.75) is 96.8 Å². The highest BCUT2D eigenvalue weighted by Gasteiger charge is 2.39. The third-order valence-corrected chi connectivity index (χ3v) is 12.0. The van der Waals surface area contributed by atoms with E-state index >= 15 is 0 Å². The number of hydrogen-bond donors (Lipinski definition) is 1. The number of oxazole rings is 2. The molecule has 4 aromatic carbocycles. The van der Waals surface area contributed by atoms with Crippen LogP contribution in [0, 0.1) is 13.8 Å². The molecule has 0 spiro atoms. The molecule has 1 N–H and O–H groups in total. The highest BCUT2D eigenvalue weighted by molar-refractivity contribution is 5.85. The first-order chi connectivity index (χ1) is 27.5. The number of aliphatic carboxylic acids is 1. The van der Waals surface area contributed by atoms with Crippen molar-refractivity contribution in [3.05, 3.63) is 82.9 Å². The normalized spacial score (nSPS) is 19.9. The Hall–Kier alpha value is -5.47. The largest absolute Gasteiger partial charge is 0.480 e. The maximum Gasteiger partial charge on any atom is 0.387 e. The van der Waals surface area contributed by atoms with E-state index in [0.717, 1.165) is 53.5 Å². The van der Waals surface area contributed by atoms with Gasteiger partial charge in [0.1, 0.15) is 28.6 Å². The Bertz CT molecular complexity index is 2480. The van der Waals surface area contributed by atoms with Crippen molar-refractivity contribution in [2.75, 3.05) is 6.54 Å². The van der Waals surface area contributed by atoms with Crippen LogP contribution in [0.2, 0.25) is 0 Å². The quantitative estimate of drug-likeness (QED) is 0.120. The van der Waals surface area contributed by atoms with Gasteiger partial charge in [0.25, 0.3) is 0 Å². The van der Waals surface area contributed by atoms with E-state index in [4.69, 9.17) is 28.3 Å². The molecular formula is C43H40F4N4O6. The zero-order valence-corrected chi connectivity index (χ0v) is 31.3. The fourth-order valence-electron chi connectivity index (χ4n) is 9.19. The molecule has 3 fully saturated rings. The lowest BCUT2D eigenvalue weighted by Gasteiger charge is -2.23. The minimum Gasteiger partial charge on any atom is -0.480 e. The van der Waals surface area contributed by atoms with Crippen molar-refractivity contribution in [3.63, 3.8) is 0 Å². The molecule has 0 aliphatic carbocycles. The maximum atomic E-state index is 13.6. The van der Waals surface area contributed by atoms with Gasteiger partial charge in [-0.3, -0.25) is 14.6 Å². The SMILES string of the molecule is Cc1c(-c2nc3cc(CN4C5CCC4CC5)c(OC(F)F)cc3o2)cccc1-c1cccc(-c2nc3cc(CN4CCC[C@H]4C(=O)O)c(OC(F)F)cc3o2)c1C. The van der Waals surface area contributed by atoms with Gasteiger partial charge >= 0.3 is 19.2 Å². The third kappa shape index (κ3) is 6.98. The smallest absolute Gasteiger partial charge is 0.387 e. The van der Waals surface area contributed by atoms with Gasteiger partial charge in [0, 0.05) is 59.6 Å². The molecule has 296 valence electrons. The number of ether oxygens (including phenoxy) is 2. The van der Waals surface area contributed by atoms with Crippen molar-refractivity contribution in [3.8, 4) is 45.5 Å². The van der Waals surface area contributed by atoms with Crippen molar-refractivity contribution in [2.24, 2.45) is 0 Å². The average molecular weight is 785 g/mol. The summed E-state index contributed by atoms with van der Waals surface area (Å²) in [7, 11) is 0. The van der Waals surface area contributed by atoms with Crippen LogP contribution in [-0.2, 0) is 17.9 Å². The van der Waals surface area contributed by atoms with Gasteiger partial charge in [-0.2, -0.15) is 17.6 Å². The fraction of sp³-hybridized carbons (Fsp3) is 0.372. The van der Waals surface area contributed by atoms with Crippen molar-refractivity contribution >= 4 is 28.2 Å². The summed E-state index contributed by atoms with van der Waals surface area (Å²) in [6, 6.07) is 18.0. The monoisotopic (exact) mass is 784 g/mol. The summed E-state index contributed by atoms with van der Waals surface area (Å²) in [6.07, 6.45) is 5.65. The van der Waals surface area contributed by atoms with Crippen molar-refractivity contribution in [1.29, 1.82) is 0 Å². The Morgan fingerprint density at radius 2 is 1.21 bits per heavy atom. The molecular weight excluding hydrogens is 744 g/mol. The van der Waals surface area contributed by atoms with Crippen LogP contribution in [0.5, 0.6) is 11.5 Å². The third-order valence-electron chi connectivity index (χ3n) is 12.0. The molecule has 5 heterocycles. The number of alkyl halides is 4. The van der Waals surface area contributed by atoms with Crippen LogP contribution in [0.3, 0.4) is 0 Å². The Kier molecular flexibility index (Phi) is 9.64. The second-order valence-corrected chi connectivity index (χ2v) is 15.2. The van der Waals surface area contributed by atoms with Crippen LogP contribution in [0.4, 0.5) is 17.6 Å². The zero-order valence-electron chi connectivity index (χ0n) is 31.3. The molecule has 6 aromatic rings. The minimum absolute atomic E-state index is 0.0935. The molecule has 0 radical (unpaired) electrons. The topological polar surface area (TPSA) is 114 Å². The van der Waals surface area contributed by atoms with Crippen molar-refractivity contribution in [1.82, 2.24) is 19.8 Å². The highest BCUT2D eigenvalue weighted by Crippen LogP contribution is 2.42. The van der Waals surface area contributed by atoms with Gasteiger partial charge in [0.15, 0.2) is 11.2 Å². The van der Waals surface area contributed by atoms with Crippen LogP contribution in [-0.4, -0.2) is 68.7 Å². The van der Waals surface area contributed by atoms with E-state index in [1.54, 1.807) is 17.0 Å². The Labute approximate surface area is 325 Å². The molecule has 0 saturated carbocycles. The van der Waals surface area contributed by atoms with Gasteiger partial charge in [-0.05, 0) is 105 Å². The van der Waals surface area contributed by atoms with Gasteiger partial charge < -0.3 is 23.4 Å². The lowest BCUT2D eigenvalue weighted by atomic mass is 9.91. The summed E-state index contributed by atoms with van der Waals surface area (Å²) in [5.74, 6) is -0.332. The summed E-state index contributed by atoms with van der Waals surface area (Å²) in [5.41, 5.74) is 7.54. The number of likely N-dealkylation sites (tertiary alicyclic amines) is 1. The van der Waals surface area contributed by atoms with Crippen LogP contribution >= 0.6 is 0 Å². The summed E-state index contributed by atoms with van der Waals surface area (Å²) in [6.45, 7) is -1.02. The molecule has 2 bridgehead atoms. The van der Waals surface area contributed by atoms with E-state index < -0.39 is 25.2 Å². The van der Waals surface area contributed by atoms with Gasteiger partial charge in [0.05, 0.1) is 0 Å². The number of benzene rings is 4. The van der Waals surface area contributed by atoms with E-state index in [9.17, 15) is 27.5 Å². The number of carboxylic acids is 1. The van der Waals surface area contributed by atoms with Crippen LogP contribution in [0.25, 0.3) is 56.2 Å². The van der Waals surface area contributed by atoms with E-state index in [1.165, 1.54) is 12.1 Å². The Balaban J connectivity index is 1.04. The first-order valence-corrected chi connectivity index (χ1v) is 19.2. The Morgan fingerprint density at radius 3 is 1.68 bits per heavy atom. The molecule has 9 rings (SSSR count). The number of halogens is 4. The van der Waals surface area contributed by atoms with E-state index in [-0.39, 0.29) is 29.5 Å². The molecule has 14 heteroatoms. The number of hydrogen-bond acceptors (Lipinski definition) is 9. The average Bonchev–Trinajstić information content (AvgIpc) is 4.02. The maximum absolute atomic E-state index is 13.6. The highest BCUT2D eigenvalue weighted by atomic mass is 19.3. The second kappa shape index (κ2) is 14.8. The van der Waals surface area contributed by atoms with Crippen LogP contribution < -0.4 is 9.47 Å². The number of fused-ring (bicyclic) bond motifs is 4. The van der Waals surface area contributed by atoms with E-state index in [0.29, 0.717) is 77.2 Å². The van der Waals surface area contributed by atoms with Crippen LogP contribution in [0.15, 0.2) is 69.5 Å². The molecule has 1 atom stereocenters. The van der Waals surface area contributed by atoms with E-state index in [1.807, 2.05) is 50.2 Å². The number of aromatic nitrogens is 2. The molecule has 10 nitrogen and oxygen atoms in total. The number of rotatable bonds is 12. The molecule has 57 heavy (non-hydrogen) atoms. The summed E-state index contributed by atoms with van der Waals surface area (Å²) < 4.78 is 76.4. The van der Waals surface area contributed by atoms with E-state index in [2.05, 4.69) is 4.90 Å². The molecule has 3 aliphatic heterocycles. The molecule has 3 saturated heterocycles. The second-order valence-electron chi connectivity index (χ2n) is 15.2. The fourth-order valence-corrected chi connectivity index (χ4v) is 9.19. The van der Waals surface area contributed by atoms with Gasteiger partial charge in [-0.15, -0.1) is 0 Å². The lowest BCUT2D eigenvalue weighted by molar-refractivity contribution is -0.142. The lowest BCUT2D eigenvalue weighted by Crippen LogP contribution is -2.35. The predicted molar refractivity (Wildman–Crippen MR) is 203 cm³/mol. The van der Waals surface area contributed by atoms with Gasteiger partial charge in [-0.25, -0.2) is 9.97 Å².